The van der Waals surface area contributed by atoms with Crippen LogP contribution in [0.3, 0.4) is 0 Å². The summed E-state index contributed by atoms with van der Waals surface area (Å²) in [6.45, 7) is 0. The zero-order chi connectivity index (χ0) is 14.5. The van der Waals surface area contributed by atoms with E-state index in [9.17, 15) is 14.4 Å². The molecule has 0 spiro atoms. The second-order valence-corrected chi connectivity index (χ2v) is 7.23. The first kappa shape index (κ1) is 15.5. The Balaban J connectivity index is 1.58. The van der Waals surface area contributed by atoms with Gasteiger partial charge >= 0.3 is 12.0 Å². The molecule has 2 amide bonds. The number of carboxylic acid groups (broad SMARTS) is 1. The Kier molecular flexibility index (Phi) is 5.59. The van der Waals surface area contributed by atoms with Gasteiger partial charge in [-0.25, -0.2) is 4.79 Å². The fourth-order valence-electron chi connectivity index (χ4n) is 2.47. The number of carboxylic acids is 1. The van der Waals surface area contributed by atoms with Gasteiger partial charge in [0.2, 0.25) is 0 Å². The third-order valence-electron chi connectivity index (χ3n) is 3.41. The van der Waals surface area contributed by atoms with Gasteiger partial charge in [0.1, 0.15) is 0 Å². The summed E-state index contributed by atoms with van der Waals surface area (Å²) >= 11 is 2.74. The van der Waals surface area contributed by atoms with E-state index in [1.54, 1.807) is 0 Å². The number of hydrogen-bond donors (Lipinski definition) is 3. The van der Waals surface area contributed by atoms with Crippen LogP contribution in [0.2, 0.25) is 0 Å². The number of amides is 2. The van der Waals surface area contributed by atoms with Gasteiger partial charge < -0.3 is 15.7 Å². The van der Waals surface area contributed by atoms with E-state index in [-0.39, 0.29) is 29.0 Å². The van der Waals surface area contributed by atoms with Gasteiger partial charge in [-0.05, 0) is 12.8 Å². The highest BCUT2D eigenvalue weighted by atomic mass is 32.2. The summed E-state index contributed by atoms with van der Waals surface area (Å²) in [4.78, 5) is 32.9. The van der Waals surface area contributed by atoms with Crippen LogP contribution in [0, 0.1) is 0 Å². The number of nitrogens with one attached hydrogen (secondary N) is 2. The number of aliphatic carboxylic acids is 1. The Hall–Kier alpha value is -0.890. The Morgan fingerprint density at radius 2 is 2.15 bits per heavy atom. The zero-order valence-corrected chi connectivity index (χ0v) is 12.6. The van der Waals surface area contributed by atoms with Gasteiger partial charge in [-0.2, -0.15) is 11.8 Å². The molecule has 3 N–H and O–H groups in total. The molecule has 0 saturated carbocycles. The van der Waals surface area contributed by atoms with E-state index in [0.717, 1.165) is 36.8 Å². The molecule has 2 rings (SSSR count). The summed E-state index contributed by atoms with van der Waals surface area (Å²) in [5, 5.41) is 14.7. The number of unbranched alkanes of at least 4 members (excludes halogenated alkanes) is 1. The first-order valence-corrected chi connectivity index (χ1v) is 8.66. The van der Waals surface area contributed by atoms with Crippen molar-refractivity contribution in [2.75, 3.05) is 11.5 Å². The second-order valence-electron chi connectivity index (χ2n) is 4.92. The van der Waals surface area contributed by atoms with Crippen molar-refractivity contribution < 1.29 is 19.5 Å². The maximum Gasteiger partial charge on any atom is 0.315 e. The van der Waals surface area contributed by atoms with Gasteiger partial charge in [-0.3, -0.25) is 9.59 Å². The molecule has 20 heavy (non-hydrogen) atoms. The molecule has 6 nitrogen and oxygen atoms in total. The van der Waals surface area contributed by atoms with Crippen molar-refractivity contribution in [2.24, 2.45) is 0 Å². The van der Waals surface area contributed by atoms with Crippen LogP contribution >= 0.6 is 23.5 Å². The van der Waals surface area contributed by atoms with E-state index in [2.05, 4.69) is 10.6 Å². The van der Waals surface area contributed by atoms with Crippen LogP contribution in [0.25, 0.3) is 0 Å². The first-order valence-electron chi connectivity index (χ1n) is 6.62. The minimum atomic E-state index is -0.957. The standard InChI is InChI=1S/C12H18N2O4S2/c15-9(16)6-20-10(17)4-2-1-3-8-11-7(5-19-8)13-12(18)14-11/h7-8,11H,1-6H2,(H,15,16)(H2,13,14,18). The molecule has 2 fully saturated rings. The SMILES string of the molecule is O=C(O)CSC(=O)CCCCC1SCC2NC(=O)NC21. The molecule has 3 unspecified atom stereocenters. The Bertz CT molecular complexity index is 405. The number of carbonyl (C=O) groups excluding carboxylic acids is 2. The van der Waals surface area contributed by atoms with Gasteiger partial charge in [-0.15, -0.1) is 0 Å². The summed E-state index contributed by atoms with van der Waals surface area (Å²) < 4.78 is 0. The van der Waals surface area contributed by atoms with Gasteiger partial charge in [0, 0.05) is 17.4 Å². The van der Waals surface area contributed by atoms with Crippen LogP contribution in [-0.2, 0) is 9.59 Å². The van der Waals surface area contributed by atoms with Crippen molar-refractivity contribution in [2.45, 2.75) is 43.0 Å². The molecule has 3 atom stereocenters. The van der Waals surface area contributed by atoms with Crippen molar-refractivity contribution in [1.29, 1.82) is 0 Å². The van der Waals surface area contributed by atoms with E-state index in [4.69, 9.17) is 5.11 Å². The third kappa shape index (κ3) is 4.31. The van der Waals surface area contributed by atoms with Gasteiger partial charge in [-0.1, -0.05) is 18.2 Å². The molecule has 0 aromatic rings. The Labute approximate surface area is 125 Å². The lowest BCUT2D eigenvalue weighted by molar-refractivity contribution is -0.134. The highest BCUT2D eigenvalue weighted by Crippen LogP contribution is 2.33. The lowest BCUT2D eigenvalue weighted by atomic mass is 10.0. The monoisotopic (exact) mass is 318 g/mol. The highest BCUT2D eigenvalue weighted by molar-refractivity contribution is 8.14. The Morgan fingerprint density at radius 3 is 2.90 bits per heavy atom. The lowest BCUT2D eigenvalue weighted by Crippen LogP contribution is -2.36. The van der Waals surface area contributed by atoms with Crippen molar-refractivity contribution in [3.8, 4) is 0 Å². The van der Waals surface area contributed by atoms with Gasteiger partial charge in [0.25, 0.3) is 0 Å². The number of thioether (sulfide) groups is 2. The average Bonchev–Trinajstić information content (AvgIpc) is 2.92. The quantitative estimate of drug-likeness (QED) is 0.480. The van der Waals surface area contributed by atoms with E-state index >= 15 is 0 Å². The van der Waals surface area contributed by atoms with E-state index in [0.29, 0.717) is 11.7 Å². The molecule has 0 aromatic carbocycles. The molecule has 8 heteroatoms. The molecule has 0 bridgehead atoms. The molecule has 0 aliphatic carbocycles. The smallest absolute Gasteiger partial charge is 0.315 e. The van der Waals surface area contributed by atoms with Crippen LogP contribution in [0.15, 0.2) is 0 Å². The lowest BCUT2D eigenvalue weighted by Gasteiger charge is -2.16. The minimum absolute atomic E-state index is 0.0554. The second kappa shape index (κ2) is 7.21. The van der Waals surface area contributed by atoms with Crippen LogP contribution in [-0.4, -0.2) is 51.1 Å². The van der Waals surface area contributed by atoms with E-state index in [1.165, 1.54) is 0 Å². The molecule has 2 aliphatic rings. The van der Waals surface area contributed by atoms with E-state index < -0.39 is 5.97 Å². The maximum absolute atomic E-state index is 11.4. The van der Waals surface area contributed by atoms with Crippen molar-refractivity contribution in [3.63, 3.8) is 0 Å². The maximum atomic E-state index is 11.4. The molecule has 2 saturated heterocycles. The summed E-state index contributed by atoms with van der Waals surface area (Å²) in [5.74, 6) is -0.165. The molecule has 2 aliphatic heterocycles. The van der Waals surface area contributed by atoms with Crippen LogP contribution in [0.4, 0.5) is 4.79 Å². The largest absolute Gasteiger partial charge is 0.481 e. The average molecular weight is 318 g/mol. The predicted molar refractivity (Wildman–Crippen MR) is 79.1 cm³/mol. The predicted octanol–water partition coefficient (Wildman–Crippen LogP) is 1.06. The van der Waals surface area contributed by atoms with Crippen LogP contribution < -0.4 is 10.6 Å². The summed E-state index contributed by atoms with van der Waals surface area (Å²) in [6.07, 6.45) is 3.11. The summed E-state index contributed by atoms with van der Waals surface area (Å²) in [7, 11) is 0. The number of rotatable bonds is 7. The van der Waals surface area contributed by atoms with Crippen LogP contribution in [0.5, 0.6) is 0 Å². The highest BCUT2D eigenvalue weighted by Gasteiger charge is 2.42. The van der Waals surface area contributed by atoms with Crippen molar-refractivity contribution in [1.82, 2.24) is 10.6 Å². The minimum Gasteiger partial charge on any atom is -0.481 e. The van der Waals surface area contributed by atoms with Crippen molar-refractivity contribution >= 4 is 40.6 Å². The molecule has 112 valence electrons. The van der Waals surface area contributed by atoms with Crippen LogP contribution in [0.1, 0.15) is 25.7 Å². The first-order chi connectivity index (χ1) is 9.56. The van der Waals surface area contributed by atoms with Gasteiger partial charge in [0.05, 0.1) is 17.8 Å². The topological polar surface area (TPSA) is 95.5 Å². The van der Waals surface area contributed by atoms with Gasteiger partial charge in [0.15, 0.2) is 5.12 Å². The molecule has 0 radical (unpaired) electrons. The zero-order valence-electron chi connectivity index (χ0n) is 11.0. The summed E-state index contributed by atoms with van der Waals surface area (Å²) in [5.41, 5.74) is 0. The van der Waals surface area contributed by atoms with E-state index in [1.807, 2.05) is 11.8 Å². The molecule has 2 heterocycles. The molecule has 0 aromatic heterocycles. The number of carbonyl (C=O) groups is 3. The Morgan fingerprint density at radius 1 is 1.35 bits per heavy atom. The van der Waals surface area contributed by atoms with Crippen molar-refractivity contribution in [3.05, 3.63) is 0 Å². The number of fused-ring (bicyclic) bond motifs is 1. The normalized spacial score (nSPS) is 27.8. The summed E-state index contributed by atoms with van der Waals surface area (Å²) in [6, 6.07) is 0.375. The fraction of sp³-hybridized carbons (Fsp3) is 0.750. The third-order valence-corrected chi connectivity index (χ3v) is 5.84. The number of urea groups is 1. The fourth-order valence-corrected chi connectivity index (χ4v) is 4.59. The molecular weight excluding hydrogens is 300 g/mol. The number of hydrogen-bond acceptors (Lipinski definition) is 5. The molecular formula is C12H18N2O4S2.